The van der Waals surface area contributed by atoms with Crippen LogP contribution >= 0.6 is 0 Å². The quantitative estimate of drug-likeness (QED) is 0.846. The summed E-state index contributed by atoms with van der Waals surface area (Å²) < 4.78 is 0. The van der Waals surface area contributed by atoms with Crippen LogP contribution in [0.25, 0.3) is 0 Å². The summed E-state index contributed by atoms with van der Waals surface area (Å²) >= 11 is 0. The Hall–Kier alpha value is -0.860. The maximum Gasteiger partial charge on any atom is 0.0309 e. The van der Waals surface area contributed by atoms with Crippen LogP contribution < -0.4 is 5.73 Å². The zero-order valence-corrected chi connectivity index (χ0v) is 13.9. The maximum absolute atomic E-state index is 6.40. The van der Waals surface area contributed by atoms with Gasteiger partial charge in [0.2, 0.25) is 0 Å². The molecule has 1 aliphatic heterocycles. The number of rotatable bonds is 6. The van der Waals surface area contributed by atoms with Crippen molar-refractivity contribution in [3.8, 4) is 0 Å². The molecular weight excluding hydrogens is 256 g/mol. The van der Waals surface area contributed by atoms with Gasteiger partial charge in [0.15, 0.2) is 0 Å². The van der Waals surface area contributed by atoms with Gasteiger partial charge in [0.1, 0.15) is 0 Å². The van der Waals surface area contributed by atoms with Crippen LogP contribution in [0.15, 0.2) is 24.3 Å². The van der Waals surface area contributed by atoms with Crippen LogP contribution in [0.5, 0.6) is 0 Å². The van der Waals surface area contributed by atoms with Crippen molar-refractivity contribution in [1.82, 2.24) is 4.90 Å². The van der Waals surface area contributed by atoms with Crippen molar-refractivity contribution >= 4 is 0 Å². The van der Waals surface area contributed by atoms with Crippen molar-refractivity contribution in [3.63, 3.8) is 0 Å². The van der Waals surface area contributed by atoms with E-state index in [4.69, 9.17) is 5.73 Å². The molecule has 2 rings (SSSR count). The van der Waals surface area contributed by atoms with Crippen LogP contribution in [0.4, 0.5) is 0 Å². The summed E-state index contributed by atoms with van der Waals surface area (Å²) in [6, 6.07) is 8.72. The van der Waals surface area contributed by atoms with Crippen molar-refractivity contribution in [2.75, 3.05) is 19.6 Å². The van der Waals surface area contributed by atoms with Crippen LogP contribution in [-0.2, 0) is 0 Å². The predicted molar refractivity (Wildman–Crippen MR) is 91.4 cm³/mol. The molecule has 2 N–H and O–H groups in total. The van der Waals surface area contributed by atoms with Crippen LogP contribution in [0.2, 0.25) is 0 Å². The smallest absolute Gasteiger partial charge is 0.0309 e. The van der Waals surface area contributed by atoms with Gasteiger partial charge in [-0.1, -0.05) is 44.0 Å². The monoisotopic (exact) mass is 288 g/mol. The van der Waals surface area contributed by atoms with Crippen molar-refractivity contribution in [2.45, 2.75) is 58.4 Å². The molecule has 0 aliphatic carbocycles. The topological polar surface area (TPSA) is 29.3 Å². The molecule has 2 atom stereocenters. The van der Waals surface area contributed by atoms with Gasteiger partial charge in [0.25, 0.3) is 0 Å². The number of nitrogens with zero attached hydrogens (tertiary/aromatic N) is 1. The van der Waals surface area contributed by atoms with Gasteiger partial charge in [-0.05, 0) is 69.3 Å². The lowest BCUT2D eigenvalue weighted by Gasteiger charge is -2.23. The molecule has 0 spiro atoms. The molecule has 1 fully saturated rings. The first-order chi connectivity index (χ1) is 10.2. The summed E-state index contributed by atoms with van der Waals surface area (Å²) in [5, 5.41) is 0. The zero-order chi connectivity index (χ0) is 15.1. The van der Waals surface area contributed by atoms with E-state index in [1.165, 1.54) is 56.3 Å². The molecule has 0 saturated carbocycles. The fourth-order valence-corrected chi connectivity index (χ4v) is 3.63. The van der Waals surface area contributed by atoms with Crippen molar-refractivity contribution in [1.29, 1.82) is 0 Å². The Kier molecular flexibility index (Phi) is 6.72. The van der Waals surface area contributed by atoms with Gasteiger partial charge in [-0.25, -0.2) is 0 Å². The molecule has 21 heavy (non-hydrogen) atoms. The Balaban J connectivity index is 1.79. The summed E-state index contributed by atoms with van der Waals surface area (Å²) in [6.45, 7) is 8.15. The second-order valence-corrected chi connectivity index (χ2v) is 6.68. The summed E-state index contributed by atoms with van der Waals surface area (Å²) in [7, 11) is 0. The Morgan fingerprint density at radius 1 is 1.24 bits per heavy atom. The lowest BCUT2D eigenvalue weighted by atomic mass is 9.96. The molecule has 1 aromatic carbocycles. The van der Waals surface area contributed by atoms with Gasteiger partial charge in [0.05, 0.1) is 0 Å². The van der Waals surface area contributed by atoms with Crippen molar-refractivity contribution < 1.29 is 0 Å². The molecule has 0 bridgehead atoms. The Morgan fingerprint density at radius 3 is 2.81 bits per heavy atom. The molecule has 2 unspecified atom stereocenters. The van der Waals surface area contributed by atoms with Crippen LogP contribution in [0.3, 0.4) is 0 Å². The number of nitrogens with two attached hydrogens (primary N) is 1. The van der Waals surface area contributed by atoms with Crippen LogP contribution in [0.1, 0.15) is 62.6 Å². The molecule has 1 heterocycles. The number of hydrogen-bond donors (Lipinski definition) is 1. The van der Waals surface area contributed by atoms with E-state index in [9.17, 15) is 0 Å². The number of benzene rings is 1. The molecule has 0 aromatic heterocycles. The minimum atomic E-state index is 0.181. The second-order valence-electron chi connectivity index (χ2n) is 6.68. The van der Waals surface area contributed by atoms with E-state index in [-0.39, 0.29) is 6.04 Å². The maximum atomic E-state index is 6.40. The van der Waals surface area contributed by atoms with Gasteiger partial charge in [-0.15, -0.1) is 0 Å². The van der Waals surface area contributed by atoms with Crippen molar-refractivity contribution in [2.24, 2.45) is 11.7 Å². The molecule has 1 saturated heterocycles. The average molecular weight is 288 g/mol. The number of likely N-dealkylation sites (tertiary alicyclic amines) is 1. The van der Waals surface area contributed by atoms with Gasteiger partial charge in [-0.2, -0.15) is 0 Å². The SMILES string of the molecule is CCCC1CCCN(CCC(N)c2ccccc2C)CC1. The summed E-state index contributed by atoms with van der Waals surface area (Å²) in [6.07, 6.45) is 7.99. The first-order valence-corrected chi connectivity index (χ1v) is 8.74. The first kappa shape index (κ1) is 16.5. The molecule has 0 amide bonds. The first-order valence-electron chi connectivity index (χ1n) is 8.74. The van der Waals surface area contributed by atoms with E-state index >= 15 is 0 Å². The molecule has 0 radical (unpaired) electrons. The van der Waals surface area contributed by atoms with Crippen LogP contribution in [0, 0.1) is 12.8 Å². The van der Waals surface area contributed by atoms with Crippen molar-refractivity contribution in [3.05, 3.63) is 35.4 Å². The van der Waals surface area contributed by atoms with E-state index in [2.05, 4.69) is 43.0 Å². The second kappa shape index (κ2) is 8.55. The van der Waals surface area contributed by atoms with Gasteiger partial charge in [0, 0.05) is 6.04 Å². The predicted octanol–water partition coefficient (Wildman–Crippen LogP) is 4.29. The van der Waals surface area contributed by atoms with Gasteiger partial charge in [-0.3, -0.25) is 0 Å². The Bertz CT molecular complexity index is 416. The Morgan fingerprint density at radius 2 is 2.05 bits per heavy atom. The summed E-state index contributed by atoms with van der Waals surface area (Å²) in [5.41, 5.74) is 9.04. The molecule has 1 aliphatic rings. The molecule has 118 valence electrons. The third-order valence-electron chi connectivity index (χ3n) is 4.98. The minimum absolute atomic E-state index is 0.181. The summed E-state index contributed by atoms with van der Waals surface area (Å²) in [5.74, 6) is 0.963. The lowest BCUT2D eigenvalue weighted by molar-refractivity contribution is 0.268. The molecule has 2 heteroatoms. The standard InChI is InChI=1S/C19H32N2/c1-3-7-17-9-6-13-21(14-11-17)15-12-19(20)18-10-5-4-8-16(18)2/h4-5,8,10,17,19H,3,6-7,9,11-15,20H2,1-2H3. The lowest BCUT2D eigenvalue weighted by Crippen LogP contribution is -2.28. The van der Waals surface area contributed by atoms with E-state index in [0.717, 1.165) is 18.9 Å². The Labute approximate surface area is 130 Å². The third-order valence-corrected chi connectivity index (χ3v) is 4.98. The fraction of sp³-hybridized carbons (Fsp3) is 0.684. The highest BCUT2D eigenvalue weighted by Gasteiger charge is 2.17. The van der Waals surface area contributed by atoms with E-state index in [1.807, 2.05) is 0 Å². The molecule has 2 nitrogen and oxygen atoms in total. The van der Waals surface area contributed by atoms with Gasteiger partial charge < -0.3 is 10.6 Å². The zero-order valence-electron chi connectivity index (χ0n) is 13.9. The normalized spacial score (nSPS) is 22.0. The number of hydrogen-bond acceptors (Lipinski definition) is 2. The number of aryl methyl sites for hydroxylation is 1. The minimum Gasteiger partial charge on any atom is -0.324 e. The molecule has 1 aromatic rings. The highest BCUT2D eigenvalue weighted by molar-refractivity contribution is 5.28. The fourth-order valence-electron chi connectivity index (χ4n) is 3.63. The highest BCUT2D eigenvalue weighted by Crippen LogP contribution is 2.23. The third kappa shape index (κ3) is 5.12. The largest absolute Gasteiger partial charge is 0.324 e. The van der Waals surface area contributed by atoms with Gasteiger partial charge >= 0.3 is 0 Å². The van der Waals surface area contributed by atoms with E-state index in [1.54, 1.807) is 0 Å². The van der Waals surface area contributed by atoms with E-state index < -0.39 is 0 Å². The summed E-state index contributed by atoms with van der Waals surface area (Å²) in [4.78, 5) is 2.63. The van der Waals surface area contributed by atoms with E-state index in [0.29, 0.717) is 0 Å². The molecular formula is C19H32N2. The highest BCUT2D eigenvalue weighted by atomic mass is 15.1. The van der Waals surface area contributed by atoms with Crippen LogP contribution in [-0.4, -0.2) is 24.5 Å². The average Bonchev–Trinajstić information content (AvgIpc) is 2.71.